The molecule has 1 unspecified atom stereocenters. The number of hydrogen-bond donors (Lipinski definition) is 2. The Morgan fingerprint density at radius 2 is 2.35 bits per heavy atom. The number of thioether (sulfide) groups is 1. The molecule has 1 atom stereocenters. The zero-order valence-electron chi connectivity index (χ0n) is 11.4. The first-order valence-electron chi connectivity index (χ1n) is 6.59. The number of aromatic nitrogens is 2. The van der Waals surface area contributed by atoms with Crippen molar-refractivity contribution in [2.45, 2.75) is 30.8 Å². The molecule has 0 aliphatic heterocycles. The van der Waals surface area contributed by atoms with Crippen molar-refractivity contribution < 1.29 is 0 Å². The van der Waals surface area contributed by atoms with E-state index in [4.69, 9.17) is 5.84 Å². The van der Waals surface area contributed by atoms with Gasteiger partial charge >= 0.3 is 0 Å². The first-order chi connectivity index (χ1) is 9.72. The number of nitrogens with zero attached hydrogens (tertiary/aromatic N) is 2. The standard InChI is InChI=1S/C14H19BrN4S/c1-2-6-19-9-11(8-17-19)14(18-16)10-20-13-5-3-4-12(15)7-13/h3-5,7-9,14,18H,2,6,10,16H2,1H3. The maximum atomic E-state index is 5.67. The number of aryl methyl sites for hydroxylation is 1. The second-order valence-electron chi connectivity index (χ2n) is 4.52. The van der Waals surface area contributed by atoms with Crippen LogP contribution in [0.15, 0.2) is 46.0 Å². The fourth-order valence-electron chi connectivity index (χ4n) is 1.89. The Labute approximate surface area is 132 Å². The Hall–Kier alpha value is -0.820. The van der Waals surface area contributed by atoms with Crippen LogP contribution in [0.25, 0.3) is 0 Å². The SMILES string of the molecule is CCCn1cc(C(CSc2cccc(Br)c2)NN)cn1. The van der Waals surface area contributed by atoms with Crippen LogP contribution in [0.3, 0.4) is 0 Å². The summed E-state index contributed by atoms with van der Waals surface area (Å²) in [5, 5.41) is 4.35. The maximum absolute atomic E-state index is 5.67. The van der Waals surface area contributed by atoms with Crippen LogP contribution in [-0.2, 0) is 6.54 Å². The van der Waals surface area contributed by atoms with Crippen molar-refractivity contribution in [3.05, 3.63) is 46.7 Å². The van der Waals surface area contributed by atoms with Crippen molar-refractivity contribution in [2.75, 3.05) is 5.75 Å². The van der Waals surface area contributed by atoms with E-state index in [9.17, 15) is 0 Å². The molecule has 2 aromatic rings. The monoisotopic (exact) mass is 354 g/mol. The predicted molar refractivity (Wildman–Crippen MR) is 87.4 cm³/mol. The van der Waals surface area contributed by atoms with E-state index < -0.39 is 0 Å². The summed E-state index contributed by atoms with van der Waals surface area (Å²) in [6.07, 6.45) is 5.03. The van der Waals surface area contributed by atoms with Gasteiger partial charge in [-0.2, -0.15) is 5.10 Å². The number of benzene rings is 1. The van der Waals surface area contributed by atoms with Crippen molar-refractivity contribution >= 4 is 27.7 Å². The van der Waals surface area contributed by atoms with Crippen LogP contribution < -0.4 is 11.3 Å². The van der Waals surface area contributed by atoms with E-state index in [1.165, 1.54) is 4.90 Å². The fourth-order valence-corrected chi connectivity index (χ4v) is 3.47. The van der Waals surface area contributed by atoms with Gasteiger partial charge in [-0.25, -0.2) is 0 Å². The highest BCUT2D eigenvalue weighted by Gasteiger charge is 2.12. The summed E-state index contributed by atoms with van der Waals surface area (Å²) >= 11 is 5.26. The molecule has 108 valence electrons. The highest BCUT2D eigenvalue weighted by Crippen LogP contribution is 2.26. The number of rotatable bonds is 7. The number of hydrogen-bond acceptors (Lipinski definition) is 4. The smallest absolute Gasteiger partial charge is 0.0584 e. The third-order valence-electron chi connectivity index (χ3n) is 2.92. The summed E-state index contributed by atoms with van der Waals surface area (Å²) in [5.74, 6) is 6.54. The molecular formula is C14H19BrN4S. The minimum absolute atomic E-state index is 0.101. The first-order valence-corrected chi connectivity index (χ1v) is 8.37. The molecule has 0 saturated carbocycles. The van der Waals surface area contributed by atoms with Gasteiger partial charge in [-0.1, -0.05) is 28.9 Å². The quantitative estimate of drug-likeness (QED) is 0.454. The molecule has 0 spiro atoms. The van der Waals surface area contributed by atoms with E-state index in [1.807, 2.05) is 23.0 Å². The van der Waals surface area contributed by atoms with Crippen LogP contribution in [0, 0.1) is 0 Å². The number of nitrogens with two attached hydrogens (primary N) is 1. The molecular weight excluding hydrogens is 336 g/mol. The molecule has 1 heterocycles. The van der Waals surface area contributed by atoms with Gasteiger partial charge in [0.2, 0.25) is 0 Å². The third-order valence-corrected chi connectivity index (χ3v) is 4.50. The third kappa shape index (κ3) is 4.34. The first kappa shape index (κ1) is 15.6. The van der Waals surface area contributed by atoms with E-state index >= 15 is 0 Å². The zero-order valence-corrected chi connectivity index (χ0v) is 13.8. The minimum Gasteiger partial charge on any atom is -0.272 e. The average molecular weight is 355 g/mol. The normalized spacial score (nSPS) is 12.6. The van der Waals surface area contributed by atoms with Gasteiger partial charge in [0, 0.05) is 33.4 Å². The molecule has 0 saturated heterocycles. The van der Waals surface area contributed by atoms with Gasteiger partial charge in [0.25, 0.3) is 0 Å². The van der Waals surface area contributed by atoms with Gasteiger partial charge in [-0.3, -0.25) is 16.0 Å². The van der Waals surface area contributed by atoms with Crippen LogP contribution in [0.5, 0.6) is 0 Å². The largest absolute Gasteiger partial charge is 0.272 e. The Bertz CT molecular complexity index is 543. The van der Waals surface area contributed by atoms with Crippen molar-refractivity contribution in [1.29, 1.82) is 0 Å². The van der Waals surface area contributed by atoms with Crippen LogP contribution >= 0.6 is 27.7 Å². The minimum atomic E-state index is 0.101. The van der Waals surface area contributed by atoms with Crippen LogP contribution in [-0.4, -0.2) is 15.5 Å². The lowest BCUT2D eigenvalue weighted by atomic mass is 10.2. The molecule has 4 nitrogen and oxygen atoms in total. The van der Waals surface area contributed by atoms with Gasteiger partial charge in [-0.05, 0) is 24.6 Å². The molecule has 2 rings (SSSR count). The van der Waals surface area contributed by atoms with Crippen molar-refractivity contribution in [3.63, 3.8) is 0 Å². The number of halogens is 1. The van der Waals surface area contributed by atoms with E-state index in [0.717, 1.165) is 28.8 Å². The molecule has 6 heteroatoms. The molecule has 20 heavy (non-hydrogen) atoms. The zero-order chi connectivity index (χ0) is 14.4. The molecule has 0 fully saturated rings. The Kier molecular flexibility index (Phi) is 6.09. The maximum Gasteiger partial charge on any atom is 0.0584 e. The van der Waals surface area contributed by atoms with Gasteiger partial charge in [-0.15, -0.1) is 11.8 Å². The molecule has 3 N–H and O–H groups in total. The number of nitrogens with one attached hydrogen (secondary N) is 1. The van der Waals surface area contributed by atoms with Crippen LogP contribution in [0.4, 0.5) is 0 Å². The van der Waals surface area contributed by atoms with Crippen molar-refractivity contribution in [3.8, 4) is 0 Å². The summed E-state index contributed by atoms with van der Waals surface area (Å²) in [6, 6.07) is 8.38. The lowest BCUT2D eigenvalue weighted by Gasteiger charge is -2.13. The summed E-state index contributed by atoms with van der Waals surface area (Å²) < 4.78 is 3.05. The highest BCUT2D eigenvalue weighted by molar-refractivity contribution is 9.10. The van der Waals surface area contributed by atoms with Gasteiger partial charge < -0.3 is 0 Å². The van der Waals surface area contributed by atoms with Gasteiger partial charge in [0.05, 0.1) is 12.2 Å². The van der Waals surface area contributed by atoms with Crippen LogP contribution in [0.2, 0.25) is 0 Å². The summed E-state index contributed by atoms with van der Waals surface area (Å²) in [4.78, 5) is 1.22. The van der Waals surface area contributed by atoms with E-state index in [-0.39, 0.29) is 6.04 Å². The molecule has 0 bridgehead atoms. The van der Waals surface area contributed by atoms with Crippen LogP contribution in [0.1, 0.15) is 24.9 Å². The molecule has 1 aromatic carbocycles. The second-order valence-corrected chi connectivity index (χ2v) is 6.53. The molecule has 0 radical (unpaired) electrons. The number of hydrazine groups is 1. The van der Waals surface area contributed by atoms with Gasteiger partial charge in [0.15, 0.2) is 0 Å². The molecule has 0 amide bonds. The lowest BCUT2D eigenvalue weighted by Crippen LogP contribution is -2.29. The van der Waals surface area contributed by atoms with Crippen molar-refractivity contribution in [1.82, 2.24) is 15.2 Å². The van der Waals surface area contributed by atoms with E-state index in [1.54, 1.807) is 11.8 Å². The summed E-state index contributed by atoms with van der Waals surface area (Å²) in [7, 11) is 0. The second kappa shape index (κ2) is 7.83. The predicted octanol–water partition coefficient (Wildman–Crippen LogP) is 3.35. The fraction of sp³-hybridized carbons (Fsp3) is 0.357. The topological polar surface area (TPSA) is 55.9 Å². The lowest BCUT2D eigenvalue weighted by molar-refractivity contribution is 0.592. The van der Waals surface area contributed by atoms with Crippen molar-refractivity contribution in [2.24, 2.45) is 5.84 Å². The van der Waals surface area contributed by atoms with E-state index in [2.05, 4.69) is 51.7 Å². The average Bonchev–Trinajstić information content (AvgIpc) is 2.89. The Morgan fingerprint density at radius 3 is 3.05 bits per heavy atom. The molecule has 1 aromatic heterocycles. The van der Waals surface area contributed by atoms with Gasteiger partial charge in [0.1, 0.15) is 0 Å². The summed E-state index contributed by atoms with van der Waals surface area (Å²) in [6.45, 7) is 3.08. The molecule has 0 aliphatic rings. The molecule has 0 aliphatic carbocycles. The highest BCUT2D eigenvalue weighted by atomic mass is 79.9. The Morgan fingerprint density at radius 1 is 1.50 bits per heavy atom. The summed E-state index contributed by atoms with van der Waals surface area (Å²) in [5.41, 5.74) is 4.00. The van der Waals surface area contributed by atoms with E-state index in [0.29, 0.717) is 0 Å². The Balaban J connectivity index is 1.97.